The number of aromatic nitrogens is 2. The Balaban J connectivity index is 0.791. The number of hydrogen-bond donors (Lipinski definition) is 0. The van der Waals surface area contributed by atoms with Gasteiger partial charge in [-0.25, -0.2) is 4.98 Å². The van der Waals surface area contributed by atoms with Crippen molar-refractivity contribution in [1.82, 2.24) is 9.55 Å². The van der Waals surface area contributed by atoms with Crippen molar-refractivity contribution in [3.63, 3.8) is 0 Å². The molecule has 4 saturated carbocycles. The van der Waals surface area contributed by atoms with Gasteiger partial charge in [-0.1, -0.05) is 189 Å². The van der Waals surface area contributed by atoms with Crippen molar-refractivity contribution in [2.24, 2.45) is 23.7 Å². The van der Waals surface area contributed by atoms with Gasteiger partial charge in [-0.05, 0) is 156 Å². The van der Waals surface area contributed by atoms with Crippen LogP contribution in [0, 0.1) is 23.7 Å². The van der Waals surface area contributed by atoms with Gasteiger partial charge >= 0.3 is 6.85 Å². The summed E-state index contributed by atoms with van der Waals surface area (Å²) in [5, 5.41) is 2.50. The van der Waals surface area contributed by atoms with E-state index in [4.69, 9.17) is 4.98 Å². The molecule has 79 heavy (non-hydrogen) atoms. The molecule has 5 heterocycles. The Morgan fingerprint density at radius 1 is 0.544 bits per heavy atom. The second-order valence-electron chi connectivity index (χ2n) is 24.0. The van der Waals surface area contributed by atoms with Gasteiger partial charge in [0.25, 0.3) is 0 Å². The molecule has 4 bridgehead atoms. The third kappa shape index (κ3) is 7.12. The van der Waals surface area contributed by atoms with E-state index in [1.54, 1.807) is 5.47 Å². The number of para-hydroxylation sites is 5. The van der Waals surface area contributed by atoms with Crippen molar-refractivity contribution in [2.75, 3.05) is 21.3 Å². The normalized spacial score (nSPS) is 21.7. The predicted molar refractivity (Wildman–Crippen MR) is 330 cm³/mol. The smallest absolute Gasteiger partial charge is 0.316 e. The lowest BCUT2D eigenvalue weighted by atomic mass is 9.33. The summed E-state index contributed by atoms with van der Waals surface area (Å²) >= 11 is 0. The SMILES string of the molecule is CC(C)(c1cccc(N2CN(c3c(-c4ccccc4)cccc3-c3ccccc3)c3ccccc32)c1)c1ccc2c3ccccc3n(-c3cc(C4(C5=CC=CN6B5C=Cc5ccccc56)C5CC6CC(C5)CC4C6)ccn3)c2c1. The largest absolute Gasteiger partial charge is 0.383 e. The van der Waals surface area contributed by atoms with Crippen molar-refractivity contribution < 1.29 is 0 Å². The lowest BCUT2D eigenvalue weighted by molar-refractivity contribution is -0.0408. The number of pyridine rings is 1. The Morgan fingerprint density at radius 2 is 1.18 bits per heavy atom. The average molecular weight is 1020 g/mol. The third-order valence-electron chi connectivity index (χ3n) is 19.7. The Labute approximate surface area is 464 Å². The van der Waals surface area contributed by atoms with Gasteiger partial charge in [0.1, 0.15) is 12.5 Å². The Kier molecular flexibility index (Phi) is 10.6. The summed E-state index contributed by atoms with van der Waals surface area (Å²) in [6, 6.07) is 76.8. The zero-order valence-electron chi connectivity index (χ0n) is 45.0. The van der Waals surface area contributed by atoms with Crippen LogP contribution in [0.4, 0.5) is 28.4 Å². The Bertz CT molecular complexity index is 4060. The number of hydrogen-bond acceptors (Lipinski definition) is 4. The summed E-state index contributed by atoms with van der Waals surface area (Å²) in [5.41, 5.74) is 19.7. The molecule has 0 radical (unpaired) electrons. The molecule has 2 aromatic heterocycles. The minimum atomic E-state index is -0.344. The minimum Gasteiger partial charge on any atom is -0.383 e. The number of rotatable bonds is 9. The first-order chi connectivity index (χ1) is 38.9. The van der Waals surface area contributed by atoms with Crippen LogP contribution in [0.3, 0.4) is 0 Å². The van der Waals surface area contributed by atoms with Crippen LogP contribution in [0.15, 0.2) is 242 Å². The van der Waals surface area contributed by atoms with Crippen LogP contribution in [0.25, 0.3) is 56.0 Å². The molecule has 0 N–H and O–H groups in total. The highest BCUT2D eigenvalue weighted by Crippen LogP contribution is 2.66. The third-order valence-corrected chi connectivity index (χ3v) is 19.7. The maximum atomic E-state index is 5.37. The first-order valence-electron chi connectivity index (χ1n) is 28.8. The summed E-state index contributed by atoms with van der Waals surface area (Å²) in [5.74, 6) is 6.37. The fourth-order valence-electron chi connectivity index (χ4n) is 16.3. The predicted octanol–water partition coefficient (Wildman–Crippen LogP) is 17.8. The highest BCUT2D eigenvalue weighted by Gasteiger charge is 2.61. The van der Waals surface area contributed by atoms with Crippen LogP contribution in [-0.4, -0.2) is 23.1 Å². The summed E-state index contributed by atoms with van der Waals surface area (Å²) in [7, 11) is 0. The summed E-state index contributed by atoms with van der Waals surface area (Å²) in [4.78, 5) is 13.0. The van der Waals surface area contributed by atoms with Crippen LogP contribution in [0.5, 0.6) is 0 Å². The molecular weight excluding hydrogens is 958 g/mol. The van der Waals surface area contributed by atoms with E-state index in [0.29, 0.717) is 18.5 Å². The fourth-order valence-corrected chi connectivity index (χ4v) is 16.3. The minimum absolute atomic E-state index is 0.0886. The van der Waals surface area contributed by atoms with Crippen LogP contribution < -0.4 is 14.6 Å². The number of anilines is 5. The van der Waals surface area contributed by atoms with Gasteiger partial charge in [-0.15, -0.1) is 0 Å². The van der Waals surface area contributed by atoms with Gasteiger partial charge in [-0.3, -0.25) is 4.57 Å². The van der Waals surface area contributed by atoms with E-state index in [-0.39, 0.29) is 17.7 Å². The van der Waals surface area contributed by atoms with Crippen molar-refractivity contribution in [1.29, 1.82) is 0 Å². The molecule has 3 aliphatic heterocycles. The molecule has 0 amide bonds. The molecule has 5 nitrogen and oxygen atoms in total. The Hall–Kier alpha value is -8.61. The first-order valence-corrected chi connectivity index (χ1v) is 28.8. The van der Waals surface area contributed by atoms with E-state index in [1.165, 1.54) is 127 Å². The Morgan fingerprint density at radius 3 is 1.92 bits per heavy atom. The molecule has 0 spiro atoms. The number of benzene rings is 8. The monoisotopic (exact) mass is 1020 g/mol. The quantitative estimate of drug-likeness (QED) is 0.135. The molecule has 10 aromatic rings. The van der Waals surface area contributed by atoms with Gasteiger partial charge in [0.15, 0.2) is 0 Å². The molecule has 382 valence electrons. The lowest BCUT2D eigenvalue weighted by Crippen LogP contribution is -2.60. The summed E-state index contributed by atoms with van der Waals surface area (Å²) in [6.07, 6.45) is 18.4. The van der Waals surface area contributed by atoms with E-state index in [0.717, 1.165) is 17.7 Å². The number of fused-ring (bicyclic) bond motifs is 7. The topological polar surface area (TPSA) is 27.5 Å². The van der Waals surface area contributed by atoms with Gasteiger partial charge in [-0.2, -0.15) is 0 Å². The van der Waals surface area contributed by atoms with Gasteiger partial charge < -0.3 is 14.6 Å². The molecule has 0 saturated heterocycles. The molecule has 4 fully saturated rings. The maximum absolute atomic E-state index is 5.37. The average Bonchev–Trinajstić information content (AvgIpc) is 4.23. The van der Waals surface area contributed by atoms with Gasteiger partial charge in [0.2, 0.25) is 0 Å². The standard InChI is InChI=1S/C73H62BN5/c1-72(2,54-23-15-24-59(45-54)76-48-77(67-31-14-13-30-66(67)76)71-60(51-18-5-3-6-19-51)26-16-27-61(71)52-20-7-4-8-21-52)55-33-34-63-62-25-10-12-29-65(62)79(68(63)46-55)70-47-56(36-38-75-70)73(57-41-49-40-50(43-57)44-58(73)42-49)69-32-17-39-78-64-28-11-9-22-53(64)35-37-74(69)78/h3-39,45-47,49-50,57-58H,40-44,48H2,1-2H3. The summed E-state index contributed by atoms with van der Waals surface area (Å²) in [6.45, 7) is 5.64. The molecule has 0 atom stereocenters. The first kappa shape index (κ1) is 46.5. The number of nitrogens with zero attached hydrogens (tertiary/aromatic N) is 5. The lowest BCUT2D eigenvalue weighted by Gasteiger charge is -2.63. The molecule has 8 aromatic carbocycles. The van der Waals surface area contributed by atoms with Crippen LogP contribution >= 0.6 is 0 Å². The maximum Gasteiger partial charge on any atom is 0.316 e. The van der Waals surface area contributed by atoms with E-state index >= 15 is 0 Å². The van der Waals surface area contributed by atoms with E-state index in [2.05, 4.69) is 276 Å². The van der Waals surface area contributed by atoms with Gasteiger partial charge in [0.05, 0.1) is 28.1 Å². The van der Waals surface area contributed by atoms with Crippen molar-refractivity contribution in [3.8, 4) is 28.1 Å². The zero-order chi connectivity index (χ0) is 52.4. The fraction of sp³-hybridized carbons (Fsp3) is 0.192. The molecule has 17 rings (SSSR count). The molecule has 4 aliphatic carbocycles. The van der Waals surface area contributed by atoms with Crippen molar-refractivity contribution in [3.05, 3.63) is 265 Å². The molecular formula is C73H62BN5. The summed E-state index contributed by atoms with van der Waals surface area (Å²) < 4.78 is 2.49. The molecule has 7 aliphatic rings. The van der Waals surface area contributed by atoms with E-state index < -0.39 is 0 Å². The van der Waals surface area contributed by atoms with Crippen LogP contribution in [-0.2, 0) is 10.8 Å². The second-order valence-corrected chi connectivity index (χ2v) is 24.0. The zero-order valence-corrected chi connectivity index (χ0v) is 45.0. The van der Waals surface area contributed by atoms with Crippen molar-refractivity contribution in [2.45, 2.75) is 56.8 Å². The second kappa shape index (κ2) is 18.0. The molecule has 0 unspecified atom stereocenters. The highest BCUT2D eigenvalue weighted by atomic mass is 15.4. The van der Waals surface area contributed by atoms with Crippen LogP contribution in [0.1, 0.15) is 68.2 Å². The van der Waals surface area contributed by atoms with Gasteiger partial charge in [0, 0.05) is 50.3 Å². The highest BCUT2D eigenvalue weighted by molar-refractivity contribution is 6.77. The van der Waals surface area contributed by atoms with E-state index in [1.807, 2.05) is 0 Å². The molecule has 6 heteroatoms. The van der Waals surface area contributed by atoms with E-state index in [9.17, 15) is 0 Å². The number of allylic oxidation sites excluding steroid dienone is 3. The van der Waals surface area contributed by atoms with Crippen molar-refractivity contribution >= 4 is 63.2 Å². The van der Waals surface area contributed by atoms with Crippen LogP contribution in [0.2, 0.25) is 0 Å².